The molecule has 1 amide bonds. The van der Waals surface area contributed by atoms with Crippen LogP contribution in [-0.4, -0.2) is 12.5 Å². The van der Waals surface area contributed by atoms with E-state index in [9.17, 15) is 9.18 Å². The topological polar surface area (TPSA) is 64.9 Å². The number of benzene rings is 2. The Labute approximate surface area is 115 Å². The lowest BCUT2D eigenvalue weighted by atomic mass is 10.2. The van der Waals surface area contributed by atoms with Crippen LogP contribution in [0.2, 0.25) is 0 Å². The molecule has 2 aromatic rings. The molecule has 0 aliphatic heterocycles. The average molecular weight is 269 g/mol. The summed E-state index contributed by atoms with van der Waals surface area (Å²) < 4.78 is 13.4. The first-order valence-corrected chi connectivity index (χ1v) is 5.98. The van der Waals surface area contributed by atoms with Crippen LogP contribution < -0.4 is 10.6 Å². The van der Waals surface area contributed by atoms with Gasteiger partial charge in [-0.15, -0.1) is 0 Å². The predicted molar refractivity (Wildman–Crippen MR) is 74.7 cm³/mol. The molecule has 2 aromatic carbocycles. The van der Waals surface area contributed by atoms with Crippen LogP contribution in [0, 0.1) is 17.1 Å². The van der Waals surface area contributed by atoms with E-state index in [4.69, 9.17) is 5.26 Å². The van der Waals surface area contributed by atoms with Gasteiger partial charge in [0.2, 0.25) is 5.91 Å². The summed E-state index contributed by atoms with van der Waals surface area (Å²) in [5, 5.41) is 14.3. The van der Waals surface area contributed by atoms with Crippen molar-refractivity contribution in [2.45, 2.75) is 0 Å². The molecular formula is C15H12FN3O. The lowest BCUT2D eigenvalue weighted by Crippen LogP contribution is -2.22. The van der Waals surface area contributed by atoms with E-state index in [1.807, 2.05) is 18.2 Å². The number of halogens is 1. The minimum absolute atomic E-state index is 0.0486. The monoisotopic (exact) mass is 269 g/mol. The summed E-state index contributed by atoms with van der Waals surface area (Å²) in [7, 11) is 0. The zero-order valence-electron chi connectivity index (χ0n) is 10.6. The van der Waals surface area contributed by atoms with Crippen LogP contribution in [0.25, 0.3) is 0 Å². The molecule has 0 saturated heterocycles. The van der Waals surface area contributed by atoms with Gasteiger partial charge in [-0.05, 0) is 24.3 Å². The molecule has 0 heterocycles. The lowest BCUT2D eigenvalue weighted by molar-refractivity contribution is -0.114. The molecule has 0 spiro atoms. The fraction of sp³-hybridized carbons (Fsp3) is 0.0667. The van der Waals surface area contributed by atoms with Crippen LogP contribution in [0.4, 0.5) is 15.8 Å². The first-order chi connectivity index (χ1) is 9.70. The van der Waals surface area contributed by atoms with Gasteiger partial charge < -0.3 is 10.6 Å². The Kier molecular flexibility index (Phi) is 4.30. The van der Waals surface area contributed by atoms with Crippen LogP contribution in [0.3, 0.4) is 0 Å². The molecule has 0 aliphatic rings. The molecule has 0 bridgehead atoms. The summed E-state index contributed by atoms with van der Waals surface area (Å²) in [6.45, 7) is -0.0486. The Balaban J connectivity index is 1.98. The van der Waals surface area contributed by atoms with E-state index < -0.39 is 5.82 Å². The summed E-state index contributed by atoms with van der Waals surface area (Å²) in [5.74, 6) is -0.884. The third kappa shape index (κ3) is 3.33. The normalized spacial score (nSPS) is 9.60. The van der Waals surface area contributed by atoms with Crippen molar-refractivity contribution in [2.75, 3.05) is 17.2 Å². The highest BCUT2D eigenvalue weighted by Gasteiger charge is 2.08. The summed E-state index contributed by atoms with van der Waals surface area (Å²) in [5.41, 5.74) is 0.884. The number of amides is 1. The molecular weight excluding hydrogens is 257 g/mol. The maximum atomic E-state index is 13.4. The van der Waals surface area contributed by atoms with Crippen molar-refractivity contribution < 1.29 is 9.18 Å². The predicted octanol–water partition coefficient (Wildman–Crippen LogP) is 2.75. The number of hydrogen-bond donors (Lipinski definition) is 2. The SMILES string of the molecule is N#Cc1c(F)cccc1NCC(=O)Nc1ccccc1. The van der Waals surface area contributed by atoms with Gasteiger partial charge >= 0.3 is 0 Å². The highest BCUT2D eigenvalue weighted by molar-refractivity contribution is 5.93. The number of carbonyl (C=O) groups excluding carboxylic acids is 1. The number of rotatable bonds is 4. The Morgan fingerprint density at radius 3 is 2.60 bits per heavy atom. The fourth-order valence-electron chi connectivity index (χ4n) is 1.69. The number of carbonyl (C=O) groups is 1. The number of nitrogens with zero attached hydrogens (tertiary/aromatic N) is 1. The van der Waals surface area contributed by atoms with Crippen molar-refractivity contribution in [3.8, 4) is 6.07 Å². The molecule has 0 saturated carbocycles. The number of para-hydroxylation sites is 1. The first-order valence-electron chi connectivity index (χ1n) is 5.98. The van der Waals surface area contributed by atoms with E-state index in [2.05, 4.69) is 10.6 Å². The van der Waals surface area contributed by atoms with Gasteiger partial charge in [0.15, 0.2) is 0 Å². The number of hydrogen-bond acceptors (Lipinski definition) is 3. The van der Waals surface area contributed by atoms with E-state index in [0.717, 1.165) is 0 Å². The van der Waals surface area contributed by atoms with E-state index in [-0.39, 0.29) is 18.0 Å². The molecule has 5 heteroatoms. The summed E-state index contributed by atoms with van der Waals surface area (Å²) in [6.07, 6.45) is 0. The van der Waals surface area contributed by atoms with E-state index in [1.54, 1.807) is 24.3 Å². The summed E-state index contributed by atoms with van der Waals surface area (Å²) in [4.78, 5) is 11.7. The number of nitriles is 1. The highest BCUT2D eigenvalue weighted by atomic mass is 19.1. The molecule has 0 unspecified atom stereocenters. The minimum atomic E-state index is -0.610. The van der Waals surface area contributed by atoms with Gasteiger partial charge in [0.25, 0.3) is 0 Å². The zero-order valence-corrected chi connectivity index (χ0v) is 10.6. The quantitative estimate of drug-likeness (QED) is 0.897. The number of anilines is 2. The molecule has 100 valence electrons. The molecule has 4 nitrogen and oxygen atoms in total. The van der Waals surface area contributed by atoms with Crippen LogP contribution in [0.1, 0.15) is 5.56 Å². The van der Waals surface area contributed by atoms with E-state index in [1.165, 1.54) is 12.1 Å². The van der Waals surface area contributed by atoms with Crippen LogP contribution in [0.15, 0.2) is 48.5 Å². The Morgan fingerprint density at radius 2 is 1.90 bits per heavy atom. The van der Waals surface area contributed by atoms with Crippen LogP contribution in [0.5, 0.6) is 0 Å². The van der Waals surface area contributed by atoms with Crippen molar-refractivity contribution in [1.29, 1.82) is 5.26 Å². The van der Waals surface area contributed by atoms with Crippen LogP contribution >= 0.6 is 0 Å². The molecule has 0 fully saturated rings. The van der Waals surface area contributed by atoms with Crippen molar-refractivity contribution in [3.63, 3.8) is 0 Å². The summed E-state index contributed by atoms with van der Waals surface area (Å²) in [6, 6.07) is 15.0. The second-order valence-corrected chi connectivity index (χ2v) is 4.04. The van der Waals surface area contributed by atoms with Gasteiger partial charge in [-0.3, -0.25) is 4.79 Å². The smallest absolute Gasteiger partial charge is 0.243 e. The Bertz CT molecular complexity index is 650. The third-order valence-electron chi connectivity index (χ3n) is 2.62. The Hall–Kier alpha value is -2.87. The molecule has 0 atom stereocenters. The van der Waals surface area contributed by atoms with Crippen LogP contribution in [-0.2, 0) is 4.79 Å². The highest BCUT2D eigenvalue weighted by Crippen LogP contribution is 2.17. The first kappa shape index (κ1) is 13.6. The van der Waals surface area contributed by atoms with Gasteiger partial charge in [0, 0.05) is 5.69 Å². The van der Waals surface area contributed by atoms with Crippen molar-refractivity contribution >= 4 is 17.3 Å². The second-order valence-electron chi connectivity index (χ2n) is 4.04. The molecule has 20 heavy (non-hydrogen) atoms. The molecule has 0 aliphatic carbocycles. The average Bonchev–Trinajstić information content (AvgIpc) is 2.46. The fourth-order valence-corrected chi connectivity index (χ4v) is 1.69. The number of nitrogens with one attached hydrogen (secondary N) is 2. The zero-order chi connectivity index (χ0) is 14.4. The molecule has 2 N–H and O–H groups in total. The van der Waals surface area contributed by atoms with Gasteiger partial charge in [-0.25, -0.2) is 4.39 Å². The maximum Gasteiger partial charge on any atom is 0.243 e. The largest absolute Gasteiger partial charge is 0.375 e. The molecule has 0 radical (unpaired) electrons. The van der Waals surface area contributed by atoms with Gasteiger partial charge in [0.1, 0.15) is 17.4 Å². The lowest BCUT2D eigenvalue weighted by Gasteiger charge is -2.09. The molecule has 2 rings (SSSR count). The second kappa shape index (κ2) is 6.34. The van der Waals surface area contributed by atoms with Gasteiger partial charge in [-0.2, -0.15) is 5.26 Å². The Morgan fingerprint density at radius 1 is 1.15 bits per heavy atom. The van der Waals surface area contributed by atoms with Gasteiger partial charge in [-0.1, -0.05) is 24.3 Å². The van der Waals surface area contributed by atoms with E-state index >= 15 is 0 Å². The van der Waals surface area contributed by atoms with E-state index in [0.29, 0.717) is 11.4 Å². The van der Waals surface area contributed by atoms with Crippen molar-refractivity contribution in [3.05, 3.63) is 59.9 Å². The maximum absolute atomic E-state index is 13.4. The van der Waals surface area contributed by atoms with Gasteiger partial charge in [0.05, 0.1) is 12.2 Å². The van der Waals surface area contributed by atoms with Crippen molar-refractivity contribution in [1.82, 2.24) is 0 Å². The van der Waals surface area contributed by atoms with Crippen molar-refractivity contribution in [2.24, 2.45) is 0 Å². The minimum Gasteiger partial charge on any atom is -0.375 e. The third-order valence-corrected chi connectivity index (χ3v) is 2.62. The standard InChI is InChI=1S/C15H12FN3O/c16-13-7-4-8-14(12(13)9-17)18-10-15(20)19-11-5-2-1-3-6-11/h1-8,18H,10H2,(H,19,20). The molecule has 0 aromatic heterocycles. The summed E-state index contributed by atoms with van der Waals surface area (Å²) >= 11 is 0.